The number of amides is 1. The Morgan fingerprint density at radius 2 is 1.84 bits per heavy atom. The zero-order valence-electron chi connectivity index (χ0n) is 13.4. The van der Waals surface area contributed by atoms with E-state index in [-0.39, 0.29) is 18.2 Å². The van der Waals surface area contributed by atoms with Crippen molar-refractivity contribution in [3.63, 3.8) is 0 Å². The van der Waals surface area contributed by atoms with E-state index in [0.29, 0.717) is 16.4 Å². The van der Waals surface area contributed by atoms with Crippen LogP contribution in [0.3, 0.4) is 0 Å². The van der Waals surface area contributed by atoms with Gasteiger partial charge >= 0.3 is 6.18 Å². The molecule has 0 aromatic heterocycles. The Morgan fingerprint density at radius 3 is 2.36 bits per heavy atom. The first-order chi connectivity index (χ1) is 11.6. The summed E-state index contributed by atoms with van der Waals surface area (Å²) in [5.74, 6) is -2.77. The van der Waals surface area contributed by atoms with Gasteiger partial charge in [-0.1, -0.05) is 0 Å². The monoisotopic (exact) mass is 469 g/mol. The van der Waals surface area contributed by atoms with E-state index in [4.69, 9.17) is 9.47 Å². The number of carbonyl (C=O) groups is 2. The lowest BCUT2D eigenvalue weighted by Gasteiger charge is -2.46. The molecule has 0 radical (unpaired) electrons. The summed E-state index contributed by atoms with van der Waals surface area (Å²) in [5, 5.41) is 0. The minimum absolute atomic E-state index is 0.0187. The number of fused-ring (bicyclic) bond motifs is 1. The minimum Gasteiger partial charge on any atom is -0.353 e. The molecule has 2 aliphatic rings. The molecule has 1 amide bonds. The fourth-order valence-electron chi connectivity index (χ4n) is 3.41. The van der Waals surface area contributed by atoms with Crippen molar-refractivity contribution < 1.29 is 32.2 Å². The number of carbonyl (C=O) groups excluding carboxylic acids is 2. The summed E-state index contributed by atoms with van der Waals surface area (Å²) in [6.07, 6.45) is -3.69. The zero-order chi connectivity index (χ0) is 18.6. The topological polar surface area (TPSA) is 55.8 Å². The second-order valence-electron chi connectivity index (χ2n) is 6.18. The molecule has 0 N–H and O–H groups in total. The van der Waals surface area contributed by atoms with E-state index in [1.54, 1.807) is 22.6 Å². The Labute approximate surface area is 155 Å². The van der Waals surface area contributed by atoms with Crippen molar-refractivity contribution in [1.82, 2.24) is 0 Å². The van der Waals surface area contributed by atoms with Crippen LogP contribution in [0.15, 0.2) is 12.1 Å². The molecule has 0 atom stereocenters. The van der Waals surface area contributed by atoms with Crippen LogP contribution in [0, 0.1) is 9.49 Å². The number of methoxy groups -OCH3 is 2. The third kappa shape index (κ3) is 3.06. The summed E-state index contributed by atoms with van der Waals surface area (Å²) < 4.78 is 50.7. The first-order valence-electron chi connectivity index (χ1n) is 7.49. The van der Waals surface area contributed by atoms with E-state index in [0.717, 1.165) is 11.0 Å². The highest BCUT2D eigenvalue weighted by Crippen LogP contribution is 2.45. The summed E-state index contributed by atoms with van der Waals surface area (Å²) >= 11 is 1.75. The van der Waals surface area contributed by atoms with E-state index in [2.05, 4.69) is 0 Å². The Balaban J connectivity index is 1.92. The molecule has 1 aromatic rings. The van der Waals surface area contributed by atoms with E-state index >= 15 is 0 Å². The van der Waals surface area contributed by atoms with Gasteiger partial charge in [0.25, 0.3) is 11.7 Å². The standard InChI is InChI=1S/C16H15F3INO4/c1-24-15(25-2)5-8(6-15)7-21-11-4-9(20)3-10(16(17,18)19)12(11)13(22)14(21)23/h3-4,8H,5-7H2,1-2H3. The quantitative estimate of drug-likeness (QED) is 0.386. The molecule has 25 heavy (non-hydrogen) atoms. The maximum absolute atomic E-state index is 13.3. The third-order valence-corrected chi connectivity index (χ3v) is 5.35. The Hall–Kier alpha value is -1.20. The second kappa shape index (κ2) is 6.20. The second-order valence-corrected chi connectivity index (χ2v) is 7.43. The molecule has 136 valence electrons. The van der Waals surface area contributed by atoms with E-state index in [1.807, 2.05) is 0 Å². The molecule has 5 nitrogen and oxygen atoms in total. The molecular weight excluding hydrogens is 454 g/mol. The lowest BCUT2D eigenvalue weighted by atomic mass is 9.78. The smallest absolute Gasteiger partial charge is 0.353 e. The van der Waals surface area contributed by atoms with Crippen LogP contribution in [0.4, 0.5) is 18.9 Å². The van der Waals surface area contributed by atoms with Gasteiger partial charge in [-0.3, -0.25) is 9.59 Å². The molecule has 1 aromatic carbocycles. The number of hydrogen-bond donors (Lipinski definition) is 0. The van der Waals surface area contributed by atoms with Gasteiger partial charge in [-0.25, -0.2) is 0 Å². The number of benzene rings is 1. The maximum atomic E-state index is 13.3. The van der Waals surface area contributed by atoms with Gasteiger partial charge in [0.05, 0.1) is 16.8 Å². The number of anilines is 1. The minimum atomic E-state index is -4.70. The molecular formula is C16H15F3INO4. The van der Waals surface area contributed by atoms with Crippen LogP contribution in [0.2, 0.25) is 0 Å². The van der Waals surface area contributed by atoms with Gasteiger partial charge < -0.3 is 14.4 Å². The lowest BCUT2D eigenvalue weighted by Crippen LogP contribution is -2.51. The largest absolute Gasteiger partial charge is 0.417 e. The van der Waals surface area contributed by atoms with Crippen LogP contribution in [0.5, 0.6) is 0 Å². The van der Waals surface area contributed by atoms with Crippen LogP contribution in [-0.4, -0.2) is 38.2 Å². The zero-order valence-corrected chi connectivity index (χ0v) is 15.6. The first kappa shape index (κ1) is 18.6. The molecule has 1 heterocycles. The summed E-state index contributed by atoms with van der Waals surface area (Å²) in [6.45, 7) is 0.156. The third-order valence-electron chi connectivity index (χ3n) is 4.73. The highest BCUT2D eigenvalue weighted by atomic mass is 127. The number of rotatable bonds is 4. The summed E-state index contributed by atoms with van der Waals surface area (Å²) in [4.78, 5) is 25.6. The Morgan fingerprint density at radius 1 is 1.24 bits per heavy atom. The molecule has 1 aliphatic heterocycles. The summed E-state index contributed by atoms with van der Waals surface area (Å²) in [5.41, 5.74) is -1.59. The lowest BCUT2D eigenvalue weighted by molar-refractivity contribution is -0.268. The van der Waals surface area contributed by atoms with Crippen LogP contribution >= 0.6 is 22.6 Å². The number of hydrogen-bond acceptors (Lipinski definition) is 4. The predicted molar refractivity (Wildman–Crippen MR) is 90.3 cm³/mol. The Bertz CT molecular complexity index is 738. The van der Waals surface area contributed by atoms with Crippen LogP contribution in [0.25, 0.3) is 0 Å². The summed E-state index contributed by atoms with van der Waals surface area (Å²) in [6, 6.07) is 2.32. The van der Waals surface area contributed by atoms with Gasteiger partial charge in [0.2, 0.25) is 0 Å². The van der Waals surface area contributed by atoms with E-state index < -0.39 is 34.8 Å². The predicted octanol–water partition coefficient (Wildman–Crippen LogP) is 3.24. The summed E-state index contributed by atoms with van der Waals surface area (Å²) in [7, 11) is 3.02. The van der Waals surface area contributed by atoms with Gasteiger partial charge in [0.1, 0.15) is 0 Å². The average Bonchev–Trinajstić information content (AvgIpc) is 2.73. The van der Waals surface area contributed by atoms with Crippen molar-refractivity contribution in [3.05, 3.63) is 26.8 Å². The Kier molecular flexibility index (Phi) is 4.61. The molecule has 3 rings (SSSR count). The van der Waals surface area contributed by atoms with Crippen molar-refractivity contribution in [3.8, 4) is 0 Å². The van der Waals surface area contributed by atoms with Gasteiger partial charge in [0, 0.05) is 37.2 Å². The normalized spacial score (nSPS) is 20.0. The number of Topliss-reactive ketones (excluding diaryl/α,β-unsaturated/α-hetero) is 1. The van der Waals surface area contributed by atoms with Crippen LogP contribution < -0.4 is 4.90 Å². The van der Waals surface area contributed by atoms with Crippen molar-refractivity contribution in [1.29, 1.82) is 0 Å². The van der Waals surface area contributed by atoms with Gasteiger partial charge in [-0.2, -0.15) is 13.2 Å². The molecule has 0 unspecified atom stereocenters. The number of nitrogens with zero attached hydrogens (tertiary/aromatic N) is 1. The fourth-order valence-corrected chi connectivity index (χ4v) is 4.02. The molecule has 1 aliphatic carbocycles. The number of ether oxygens (including phenoxy) is 2. The number of halogens is 4. The van der Waals surface area contributed by atoms with E-state index in [9.17, 15) is 22.8 Å². The van der Waals surface area contributed by atoms with Crippen molar-refractivity contribution >= 4 is 40.0 Å². The maximum Gasteiger partial charge on any atom is 0.417 e. The van der Waals surface area contributed by atoms with Gasteiger partial charge in [0.15, 0.2) is 5.79 Å². The van der Waals surface area contributed by atoms with Gasteiger partial charge in [-0.15, -0.1) is 0 Å². The van der Waals surface area contributed by atoms with Crippen molar-refractivity contribution in [2.45, 2.75) is 24.8 Å². The van der Waals surface area contributed by atoms with Crippen LogP contribution in [0.1, 0.15) is 28.8 Å². The van der Waals surface area contributed by atoms with Gasteiger partial charge in [-0.05, 0) is 40.6 Å². The van der Waals surface area contributed by atoms with Crippen LogP contribution in [-0.2, 0) is 20.4 Å². The SMILES string of the molecule is COC1(OC)CC(CN2C(=O)C(=O)c3c2cc(I)cc3C(F)(F)F)C1. The highest BCUT2D eigenvalue weighted by Gasteiger charge is 2.49. The first-order valence-corrected chi connectivity index (χ1v) is 8.57. The molecule has 1 fully saturated rings. The highest BCUT2D eigenvalue weighted by molar-refractivity contribution is 14.1. The molecule has 0 saturated heterocycles. The van der Waals surface area contributed by atoms with E-state index in [1.165, 1.54) is 20.3 Å². The average molecular weight is 469 g/mol. The molecule has 1 saturated carbocycles. The molecule has 0 spiro atoms. The number of ketones is 1. The van der Waals surface area contributed by atoms with Crippen molar-refractivity contribution in [2.75, 3.05) is 25.7 Å². The van der Waals surface area contributed by atoms with Crippen molar-refractivity contribution in [2.24, 2.45) is 5.92 Å². The fraction of sp³-hybridized carbons (Fsp3) is 0.500. The molecule has 0 bridgehead atoms. The molecule has 9 heteroatoms. The number of alkyl halides is 3.